The van der Waals surface area contributed by atoms with Gasteiger partial charge in [0.15, 0.2) is 0 Å². The first-order valence-electron chi connectivity index (χ1n) is 5.56. The molecule has 0 heterocycles. The van der Waals surface area contributed by atoms with E-state index < -0.39 is 0 Å². The smallest absolute Gasteiger partial charge is 0.129 e. The molecule has 0 bridgehead atoms. The lowest BCUT2D eigenvalue weighted by Crippen LogP contribution is -1.89. The van der Waals surface area contributed by atoms with Gasteiger partial charge >= 0.3 is 0 Å². The third-order valence-electron chi connectivity index (χ3n) is 2.28. The van der Waals surface area contributed by atoms with Gasteiger partial charge in [-0.2, -0.15) is 0 Å². The van der Waals surface area contributed by atoms with Gasteiger partial charge in [0, 0.05) is 6.42 Å². The fourth-order valence-corrected chi connectivity index (χ4v) is 1.43. The zero-order chi connectivity index (χ0) is 9.94. The molecule has 0 aliphatic carbocycles. The van der Waals surface area contributed by atoms with Crippen molar-refractivity contribution < 1.29 is 4.79 Å². The maximum atomic E-state index is 10.6. The van der Waals surface area contributed by atoms with Gasteiger partial charge in [-0.25, -0.2) is 0 Å². The van der Waals surface area contributed by atoms with E-state index in [0.29, 0.717) is 5.78 Å². The van der Waals surface area contributed by atoms with E-state index >= 15 is 0 Å². The number of rotatable bonds is 9. The first-order valence-corrected chi connectivity index (χ1v) is 5.56. The standard InChI is InChI=1S/C12H23O/c1-3-4-5-6-7-8-9-10-11-12(2)13/h1,3-11H2,2H3. The Kier molecular flexibility index (Phi) is 9.51. The predicted molar refractivity (Wildman–Crippen MR) is 57.6 cm³/mol. The van der Waals surface area contributed by atoms with Crippen LogP contribution in [0, 0.1) is 6.92 Å². The molecular formula is C12H23O. The van der Waals surface area contributed by atoms with Gasteiger partial charge < -0.3 is 4.79 Å². The fraction of sp³-hybridized carbons (Fsp3) is 0.833. The minimum Gasteiger partial charge on any atom is -0.300 e. The van der Waals surface area contributed by atoms with E-state index in [2.05, 4.69) is 6.92 Å². The van der Waals surface area contributed by atoms with E-state index in [0.717, 1.165) is 19.3 Å². The molecule has 0 unspecified atom stereocenters. The maximum absolute atomic E-state index is 10.6. The summed E-state index contributed by atoms with van der Waals surface area (Å²) in [5, 5.41) is 0. The van der Waals surface area contributed by atoms with E-state index in [-0.39, 0.29) is 0 Å². The molecule has 0 aliphatic heterocycles. The highest BCUT2D eigenvalue weighted by atomic mass is 16.1. The summed E-state index contributed by atoms with van der Waals surface area (Å²) < 4.78 is 0. The van der Waals surface area contributed by atoms with Crippen molar-refractivity contribution in [1.82, 2.24) is 0 Å². The lowest BCUT2D eigenvalue weighted by molar-refractivity contribution is -0.117. The van der Waals surface area contributed by atoms with Gasteiger partial charge in [0.25, 0.3) is 0 Å². The third kappa shape index (κ3) is 11.7. The summed E-state index contributed by atoms with van der Waals surface area (Å²) in [5.41, 5.74) is 0. The average Bonchev–Trinajstić information content (AvgIpc) is 2.09. The first-order chi connectivity index (χ1) is 6.27. The second-order valence-electron chi connectivity index (χ2n) is 3.78. The van der Waals surface area contributed by atoms with E-state index in [1.807, 2.05) is 0 Å². The molecule has 13 heavy (non-hydrogen) atoms. The molecule has 77 valence electrons. The summed E-state index contributed by atoms with van der Waals surface area (Å²) >= 11 is 0. The molecule has 0 aromatic carbocycles. The van der Waals surface area contributed by atoms with E-state index in [1.165, 1.54) is 38.5 Å². The molecule has 0 aromatic rings. The number of hydrogen-bond acceptors (Lipinski definition) is 1. The van der Waals surface area contributed by atoms with E-state index in [9.17, 15) is 4.79 Å². The Labute approximate surface area is 82.9 Å². The van der Waals surface area contributed by atoms with Crippen LogP contribution >= 0.6 is 0 Å². The van der Waals surface area contributed by atoms with Gasteiger partial charge in [-0.3, -0.25) is 0 Å². The minimum absolute atomic E-state index is 0.331. The van der Waals surface area contributed by atoms with Gasteiger partial charge in [-0.1, -0.05) is 51.9 Å². The molecule has 1 heteroatoms. The van der Waals surface area contributed by atoms with Crippen LogP contribution in [-0.4, -0.2) is 5.78 Å². The Morgan fingerprint density at radius 1 is 0.923 bits per heavy atom. The van der Waals surface area contributed by atoms with Gasteiger partial charge in [0.1, 0.15) is 5.78 Å². The number of Topliss-reactive ketones (excluding diaryl/α,β-unsaturated/α-hetero) is 1. The Hall–Kier alpha value is -0.330. The molecule has 0 aromatic heterocycles. The summed E-state index contributed by atoms with van der Waals surface area (Å²) in [6.45, 7) is 5.49. The number of carbonyl (C=O) groups excluding carboxylic acids is 1. The summed E-state index contributed by atoms with van der Waals surface area (Å²) in [6.07, 6.45) is 10.7. The van der Waals surface area contributed by atoms with Gasteiger partial charge in [0.2, 0.25) is 0 Å². The summed E-state index contributed by atoms with van der Waals surface area (Å²) in [5.74, 6) is 0.331. The first kappa shape index (κ1) is 12.7. The second-order valence-corrected chi connectivity index (χ2v) is 3.78. The molecule has 1 radical (unpaired) electrons. The van der Waals surface area contributed by atoms with Crippen molar-refractivity contribution in [3.8, 4) is 0 Å². The zero-order valence-corrected chi connectivity index (χ0v) is 8.98. The van der Waals surface area contributed by atoms with Gasteiger partial charge in [0.05, 0.1) is 0 Å². The number of ketones is 1. The van der Waals surface area contributed by atoms with Crippen LogP contribution in [0.1, 0.15) is 64.7 Å². The van der Waals surface area contributed by atoms with Crippen LogP contribution in [0.3, 0.4) is 0 Å². The van der Waals surface area contributed by atoms with Crippen LogP contribution in [0.5, 0.6) is 0 Å². The molecule has 0 spiro atoms. The summed E-state index contributed by atoms with van der Waals surface area (Å²) in [6, 6.07) is 0. The molecule has 0 N–H and O–H groups in total. The van der Waals surface area contributed by atoms with Crippen molar-refractivity contribution >= 4 is 5.78 Å². The van der Waals surface area contributed by atoms with E-state index in [1.54, 1.807) is 6.92 Å². The van der Waals surface area contributed by atoms with Crippen LogP contribution in [0.2, 0.25) is 0 Å². The number of carbonyl (C=O) groups is 1. The molecule has 0 saturated carbocycles. The highest BCUT2D eigenvalue weighted by molar-refractivity contribution is 5.75. The second kappa shape index (κ2) is 9.76. The topological polar surface area (TPSA) is 17.1 Å². The Morgan fingerprint density at radius 3 is 1.85 bits per heavy atom. The van der Waals surface area contributed by atoms with Crippen LogP contribution < -0.4 is 0 Å². The van der Waals surface area contributed by atoms with Crippen molar-refractivity contribution in [3.05, 3.63) is 6.92 Å². The Bertz CT molecular complexity index is 118. The van der Waals surface area contributed by atoms with Crippen LogP contribution in [0.4, 0.5) is 0 Å². The lowest BCUT2D eigenvalue weighted by Gasteiger charge is -1.99. The van der Waals surface area contributed by atoms with Gasteiger partial charge in [-0.15, -0.1) is 0 Å². The SMILES string of the molecule is [CH2]CCCCCCCCCC(C)=O. The largest absolute Gasteiger partial charge is 0.300 e. The predicted octanol–water partition coefficient (Wildman–Crippen LogP) is 3.92. The summed E-state index contributed by atoms with van der Waals surface area (Å²) in [4.78, 5) is 10.6. The molecular weight excluding hydrogens is 160 g/mol. The van der Waals surface area contributed by atoms with Crippen LogP contribution in [-0.2, 0) is 4.79 Å². The maximum Gasteiger partial charge on any atom is 0.129 e. The zero-order valence-electron chi connectivity index (χ0n) is 8.98. The molecule has 0 amide bonds. The Morgan fingerprint density at radius 2 is 1.38 bits per heavy atom. The van der Waals surface area contributed by atoms with Crippen molar-refractivity contribution in [2.24, 2.45) is 0 Å². The van der Waals surface area contributed by atoms with Crippen LogP contribution in [0.25, 0.3) is 0 Å². The lowest BCUT2D eigenvalue weighted by atomic mass is 10.1. The average molecular weight is 183 g/mol. The quantitative estimate of drug-likeness (QED) is 0.495. The third-order valence-corrected chi connectivity index (χ3v) is 2.28. The monoisotopic (exact) mass is 183 g/mol. The normalized spacial score (nSPS) is 10.3. The highest BCUT2D eigenvalue weighted by Gasteiger charge is 1.93. The van der Waals surface area contributed by atoms with Crippen molar-refractivity contribution in [1.29, 1.82) is 0 Å². The van der Waals surface area contributed by atoms with Crippen molar-refractivity contribution in [3.63, 3.8) is 0 Å². The minimum atomic E-state index is 0.331. The van der Waals surface area contributed by atoms with E-state index in [4.69, 9.17) is 0 Å². The number of hydrogen-bond donors (Lipinski definition) is 0. The molecule has 1 nitrogen and oxygen atoms in total. The summed E-state index contributed by atoms with van der Waals surface area (Å²) in [7, 11) is 0. The Balaban J connectivity index is 2.87. The van der Waals surface area contributed by atoms with Gasteiger partial charge in [-0.05, 0) is 13.3 Å². The highest BCUT2D eigenvalue weighted by Crippen LogP contribution is 2.09. The van der Waals surface area contributed by atoms with Crippen molar-refractivity contribution in [2.45, 2.75) is 64.7 Å². The molecule has 0 fully saturated rings. The molecule has 0 saturated heterocycles. The fourth-order valence-electron chi connectivity index (χ4n) is 1.43. The molecule has 0 aliphatic rings. The van der Waals surface area contributed by atoms with Crippen LogP contribution in [0.15, 0.2) is 0 Å². The molecule has 0 rings (SSSR count). The van der Waals surface area contributed by atoms with Crippen molar-refractivity contribution in [2.75, 3.05) is 0 Å². The number of unbranched alkanes of at least 4 members (excludes halogenated alkanes) is 7. The molecule has 0 atom stereocenters.